The number of hydrogen-bond acceptors (Lipinski definition) is 5. The molecule has 0 bridgehead atoms. The van der Waals surface area contributed by atoms with E-state index in [1.807, 2.05) is 5.38 Å². The van der Waals surface area contributed by atoms with E-state index >= 15 is 0 Å². The van der Waals surface area contributed by atoms with Gasteiger partial charge in [0.2, 0.25) is 0 Å². The molecule has 1 aliphatic rings. The summed E-state index contributed by atoms with van der Waals surface area (Å²) in [6.45, 7) is 1.14. The van der Waals surface area contributed by atoms with Crippen molar-refractivity contribution >= 4 is 34.8 Å². The van der Waals surface area contributed by atoms with Gasteiger partial charge >= 0.3 is 5.97 Å². The number of nitrogens with zero attached hydrogens (tertiary/aromatic N) is 2. The smallest absolute Gasteiger partial charge is 0.340 e. The Balaban J connectivity index is 1.68. The Hall–Kier alpha value is -2.67. The highest BCUT2D eigenvalue weighted by molar-refractivity contribution is 7.12. The van der Waals surface area contributed by atoms with Crippen molar-refractivity contribution in [3.8, 4) is 0 Å². The van der Waals surface area contributed by atoms with Gasteiger partial charge in [-0.2, -0.15) is 0 Å². The van der Waals surface area contributed by atoms with E-state index in [0.29, 0.717) is 23.7 Å². The summed E-state index contributed by atoms with van der Waals surface area (Å²) < 4.78 is 5.24. The maximum atomic E-state index is 12.6. The predicted octanol–water partition coefficient (Wildman–Crippen LogP) is 3.19. The summed E-state index contributed by atoms with van der Waals surface area (Å²) in [4.78, 5) is 41.1. The van der Waals surface area contributed by atoms with E-state index in [2.05, 4.69) is 0 Å². The van der Waals surface area contributed by atoms with Gasteiger partial charge in [-0.25, -0.2) is 4.79 Å². The number of carbonyl (C=O) groups is 3. The van der Waals surface area contributed by atoms with Crippen molar-refractivity contribution < 1.29 is 19.1 Å². The van der Waals surface area contributed by atoms with Gasteiger partial charge in [0.05, 0.1) is 16.1 Å². The van der Waals surface area contributed by atoms with Crippen molar-refractivity contribution in [1.82, 2.24) is 4.90 Å². The molecule has 0 atom stereocenters. The zero-order valence-electron chi connectivity index (χ0n) is 15.2. The molecule has 1 saturated heterocycles. The number of piperidine rings is 1. The Bertz CT molecular complexity index is 813. The largest absolute Gasteiger partial charge is 0.452 e. The number of thiophene rings is 1. The first kappa shape index (κ1) is 19.1. The second kappa shape index (κ2) is 8.81. The first-order valence-corrected chi connectivity index (χ1v) is 9.81. The molecule has 142 valence electrons. The molecular weight excluding hydrogens is 364 g/mol. The van der Waals surface area contributed by atoms with Crippen LogP contribution in [0.25, 0.3) is 0 Å². The second-order valence-electron chi connectivity index (χ2n) is 6.38. The monoisotopic (exact) mass is 386 g/mol. The number of amides is 2. The van der Waals surface area contributed by atoms with Gasteiger partial charge in [-0.05, 0) is 42.8 Å². The summed E-state index contributed by atoms with van der Waals surface area (Å²) in [5.74, 6) is -0.986. The van der Waals surface area contributed by atoms with Gasteiger partial charge in [-0.15, -0.1) is 11.3 Å². The minimum Gasteiger partial charge on any atom is -0.452 e. The average Bonchev–Trinajstić information content (AvgIpc) is 3.26. The molecular formula is C20H22N2O4S. The standard InChI is InChI=1S/C20H22N2O4S/c1-21(19(24)17-10-7-13-27-17)16-9-4-3-8-15(16)20(25)26-14-18(23)22-11-5-2-6-12-22/h3-4,7-10,13H,2,5-6,11-12,14H2,1H3. The molecule has 7 heteroatoms. The van der Waals surface area contributed by atoms with E-state index in [1.54, 1.807) is 48.3 Å². The van der Waals surface area contributed by atoms with Gasteiger partial charge < -0.3 is 14.5 Å². The molecule has 2 aromatic rings. The third kappa shape index (κ3) is 4.54. The number of para-hydroxylation sites is 1. The maximum absolute atomic E-state index is 12.6. The summed E-state index contributed by atoms with van der Waals surface area (Å²) >= 11 is 1.34. The van der Waals surface area contributed by atoms with Gasteiger partial charge in [0, 0.05) is 20.1 Å². The lowest BCUT2D eigenvalue weighted by molar-refractivity contribution is -0.135. The minimum absolute atomic E-state index is 0.177. The molecule has 0 spiro atoms. The predicted molar refractivity (Wildman–Crippen MR) is 104 cm³/mol. The molecule has 1 fully saturated rings. The summed E-state index contributed by atoms with van der Waals surface area (Å²) in [5, 5.41) is 1.83. The first-order valence-electron chi connectivity index (χ1n) is 8.93. The summed E-state index contributed by atoms with van der Waals surface area (Å²) in [5.41, 5.74) is 0.711. The number of anilines is 1. The molecule has 0 saturated carbocycles. The van der Waals surface area contributed by atoms with E-state index in [-0.39, 0.29) is 24.0 Å². The fourth-order valence-corrected chi connectivity index (χ4v) is 3.75. The fourth-order valence-electron chi connectivity index (χ4n) is 3.05. The van der Waals surface area contributed by atoms with Crippen LogP contribution in [0, 0.1) is 0 Å². The summed E-state index contributed by atoms with van der Waals surface area (Å²) in [6.07, 6.45) is 3.10. The Labute approximate surface area is 162 Å². The van der Waals surface area contributed by atoms with Crippen molar-refractivity contribution in [1.29, 1.82) is 0 Å². The Morgan fingerprint density at radius 3 is 2.52 bits per heavy atom. The molecule has 0 radical (unpaired) electrons. The number of esters is 1. The van der Waals surface area contributed by atoms with Crippen LogP contribution in [0.1, 0.15) is 39.3 Å². The van der Waals surface area contributed by atoms with Crippen molar-refractivity contribution in [3.63, 3.8) is 0 Å². The lowest BCUT2D eigenvalue weighted by Gasteiger charge is -2.26. The number of benzene rings is 1. The molecule has 6 nitrogen and oxygen atoms in total. The number of hydrogen-bond donors (Lipinski definition) is 0. The number of rotatable bonds is 5. The molecule has 0 unspecified atom stereocenters. The van der Waals surface area contributed by atoms with Crippen molar-refractivity contribution in [2.45, 2.75) is 19.3 Å². The van der Waals surface area contributed by atoms with Crippen LogP contribution in [0.2, 0.25) is 0 Å². The van der Waals surface area contributed by atoms with Crippen molar-refractivity contribution in [3.05, 3.63) is 52.2 Å². The number of carbonyl (C=O) groups excluding carboxylic acids is 3. The van der Waals surface area contributed by atoms with E-state index < -0.39 is 5.97 Å². The molecule has 1 aromatic carbocycles. The van der Waals surface area contributed by atoms with Crippen LogP contribution < -0.4 is 4.90 Å². The zero-order valence-corrected chi connectivity index (χ0v) is 16.0. The van der Waals surface area contributed by atoms with Gasteiger partial charge in [0.15, 0.2) is 6.61 Å². The van der Waals surface area contributed by atoms with Gasteiger partial charge in [0.25, 0.3) is 11.8 Å². The van der Waals surface area contributed by atoms with Crippen LogP contribution in [0.4, 0.5) is 5.69 Å². The molecule has 0 N–H and O–H groups in total. The van der Waals surface area contributed by atoms with Crippen LogP contribution in [0.3, 0.4) is 0 Å². The average molecular weight is 386 g/mol. The Kier molecular flexibility index (Phi) is 6.24. The minimum atomic E-state index is -0.609. The summed E-state index contributed by atoms with van der Waals surface area (Å²) in [6, 6.07) is 10.3. The highest BCUT2D eigenvalue weighted by atomic mass is 32.1. The lowest BCUT2D eigenvalue weighted by atomic mass is 10.1. The first-order chi connectivity index (χ1) is 13.1. The van der Waals surface area contributed by atoms with Crippen LogP contribution in [0.5, 0.6) is 0 Å². The molecule has 27 heavy (non-hydrogen) atoms. The van der Waals surface area contributed by atoms with Crippen LogP contribution in [0.15, 0.2) is 41.8 Å². The van der Waals surface area contributed by atoms with Crippen LogP contribution in [-0.2, 0) is 9.53 Å². The SMILES string of the molecule is CN(C(=O)c1cccs1)c1ccccc1C(=O)OCC(=O)N1CCCCC1. The topological polar surface area (TPSA) is 66.9 Å². The normalized spacial score (nSPS) is 13.9. The second-order valence-corrected chi connectivity index (χ2v) is 7.32. The van der Waals surface area contributed by atoms with E-state index in [1.165, 1.54) is 16.2 Å². The fraction of sp³-hybridized carbons (Fsp3) is 0.350. The van der Waals surface area contributed by atoms with Gasteiger partial charge in [-0.1, -0.05) is 18.2 Å². The van der Waals surface area contributed by atoms with Gasteiger partial charge in [-0.3, -0.25) is 9.59 Å². The number of likely N-dealkylation sites (tertiary alicyclic amines) is 1. The molecule has 0 aliphatic carbocycles. The zero-order chi connectivity index (χ0) is 19.2. The third-order valence-electron chi connectivity index (χ3n) is 4.56. The Morgan fingerprint density at radius 1 is 1.07 bits per heavy atom. The Morgan fingerprint density at radius 2 is 1.81 bits per heavy atom. The van der Waals surface area contributed by atoms with Crippen molar-refractivity contribution in [2.24, 2.45) is 0 Å². The summed E-state index contributed by atoms with van der Waals surface area (Å²) in [7, 11) is 1.62. The number of ether oxygens (including phenoxy) is 1. The third-order valence-corrected chi connectivity index (χ3v) is 5.42. The van der Waals surface area contributed by atoms with Crippen LogP contribution in [-0.4, -0.2) is 49.4 Å². The highest BCUT2D eigenvalue weighted by Crippen LogP contribution is 2.23. The lowest BCUT2D eigenvalue weighted by Crippen LogP contribution is -2.38. The van der Waals surface area contributed by atoms with E-state index in [4.69, 9.17) is 4.74 Å². The molecule has 1 aliphatic heterocycles. The van der Waals surface area contributed by atoms with E-state index in [0.717, 1.165) is 19.3 Å². The molecule has 1 aromatic heterocycles. The van der Waals surface area contributed by atoms with Gasteiger partial charge in [0.1, 0.15) is 0 Å². The molecule has 2 amide bonds. The molecule has 2 heterocycles. The van der Waals surface area contributed by atoms with Crippen molar-refractivity contribution in [2.75, 3.05) is 31.6 Å². The molecule has 3 rings (SSSR count). The highest BCUT2D eigenvalue weighted by Gasteiger charge is 2.23. The van der Waals surface area contributed by atoms with E-state index in [9.17, 15) is 14.4 Å². The van der Waals surface area contributed by atoms with Crippen LogP contribution >= 0.6 is 11.3 Å². The quantitative estimate of drug-likeness (QED) is 0.740. The maximum Gasteiger partial charge on any atom is 0.340 e.